The molecule has 2 heterocycles. The van der Waals surface area contributed by atoms with E-state index in [1.807, 2.05) is 0 Å². The summed E-state index contributed by atoms with van der Waals surface area (Å²) in [5, 5.41) is 7.39. The van der Waals surface area contributed by atoms with Crippen molar-refractivity contribution in [3.05, 3.63) is 34.5 Å². The van der Waals surface area contributed by atoms with Gasteiger partial charge in [0.05, 0.1) is 18.0 Å². The van der Waals surface area contributed by atoms with Gasteiger partial charge in [0, 0.05) is 7.05 Å². The first-order chi connectivity index (χ1) is 6.68. The predicted octanol–water partition coefficient (Wildman–Crippen LogP) is 1.40. The summed E-state index contributed by atoms with van der Waals surface area (Å²) in [6.07, 6.45) is 3.00. The fourth-order valence-corrected chi connectivity index (χ4v) is 1.47. The van der Waals surface area contributed by atoms with Gasteiger partial charge in [0.2, 0.25) is 5.78 Å². The zero-order valence-corrected chi connectivity index (χ0v) is 8.85. The van der Waals surface area contributed by atoms with Crippen LogP contribution >= 0.6 is 15.9 Å². The van der Waals surface area contributed by atoms with Crippen LogP contribution in [0.3, 0.4) is 0 Å². The second-order valence-corrected chi connectivity index (χ2v) is 3.43. The molecule has 0 aliphatic heterocycles. The Kier molecular flexibility index (Phi) is 2.20. The molecule has 0 aliphatic carbocycles. The van der Waals surface area contributed by atoms with Crippen LogP contribution in [0.4, 0.5) is 0 Å². The van der Waals surface area contributed by atoms with Gasteiger partial charge in [-0.1, -0.05) is 5.21 Å². The van der Waals surface area contributed by atoms with Gasteiger partial charge in [-0.25, -0.2) is 0 Å². The number of aromatic nitrogens is 3. The average Bonchev–Trinajstić information content (AvgIpc) is 2.73. The molecule has 0 radical (unpaired) electrons. The molecular weight excluding hydrogens is 250 g/mol. The van der Waals surface area contributed by atoms with Crippen molar-refractivity contribution in [2.75, 3.05) is 0 Å². The third-order valence-electron chi connectivity index (χ3n) is 1.70. The van der Waals surface area contributed by atoms with Crippen molar-refractivity contribution in [1.29, 1.82) is 0 Å². The first-order valence-electron chi connectivity index (χ1n) is 3.82. The number of aryl methyl sites for hydroxylation is 1. The Hall–Kier alpha value is -1.43. The Balaban J connectivity index is 2.38. The highest BCUT2D eigenvalue weighted by atomic mass is 79.9. The molecule has 0 saturated carbocycles. The van der Waals surface area contributed by atoms with Crippen molar-refractivity contribution in [2.24, 2.45) is 7.05 Å². The summed E-state index contributed by atoms with van der Waals surface area (Å²) in [7, 11) is 1.70. The Morgan fingerprint density at radius 3 is 2.93 bits per heavy atom. The van der Waals surface area contributed by atoms with Gasteiger partial charge in [-0.2, -0.15) is 0 Å². The van der Waals surface area contributed by atoms with E-state index < -0.39 is 0 Å². The van der Waals surface area contributed by atoms with E-state index in [-0.39, 0.29) is 5.78 Å². The zero-order valence-electron chi connectivity index (χ0n) is 7.27. The summed E-state index contributed by atoms with van der Waals surface area (Å²) in [4.78, 5) is 11.7. The molecule has 0 saturated heterocycles. The van der Waals surface area contributed by atoms with Crippen LogP contribution in [0.15, 0.2) is 27.6 Å². The highest BCUT2D eigenvalue weighted by molar-refractivity contribution is 9.10. The lowest BCUT2D eigenvalue weighted by atomic mass is 10.2. The molecule has 2 rings (SSSR count). The molecule has 2 aromatic rings. The molecule has 0 unspecified atom stereocenters. The standard InChI is InChI=1S/C8H6BrN3O2/c1-12-4-6(10-11-12)7(13)5-2-3-14-8(5)9/h2-4H,1H3. The number of ketones is 1. The summed E-state index contributed by atoms with van der Waals surface area (Å²) < 4.78 is 6.84. The normalized spacial score (nSPS) is 10.4. The lowest BCUT2D eigenvalue weighted by Gasteiger charge is -1.90. The quantitative estimate of drug-likeness (QED) is 0.762. The van der Waals surface area contributed by atoms with Crippen molar-refractivity contribution >= 4 is 21.7 Å². The second kappa shape index (κ2) is 3.38. The van der Waals surface area contributed by atoms with Crippen LogP contribution in [-0.2, 0) is 7.05 Å². The van der Waals surface area contributed by atoms with Gasteiger partial charge in [-0.3, -0.25) is 9.48 Å². The lowest BCUT2D eigenvalue weighted by Crippen LogP contribution is -2.00. The van der Waals surface area contributed by atoms with Crippen molar-refractivity contribution in [1.82, 2.24) is 15.0 Å². The largest absolute Gasteiger partial charge is 0.457 e. The Labute approximate surface area is 87.8 Å². The molecule has 0 N–H and O–H groups in total. The van der Waals surface area contributed by atoms with Gasteiger partial charge in [-0.15, -0.1) is 5.10 Å². The van der Waals surface area contributed by atoms with E-state index in [0.29, 0.717) is 15.9 Å². The van der Waals surface area contributed by atoms with E-state index in [9.17, 15) is 4.79 Å². The topological polar surface area (TPSA) is 60.9 Å². The lowest BCUT2D eigenvalue weighted by molar-refractivity contribution is 0.103. The predicted molar refractivity (Wildman–Crippen MR) is 50.8 cm³/mol. The minimum absolute atomic E-state index is 0.210. The van der Waals surface area contributed by atoms with E-state index >= 15 is 0 Å². The summed E-state index contributed by atoms with van der Waals surface area (Å²) in [6, 6.07) is 1.58. The molecule has 0 aromatic carbocycles. The Bertz CT molecular complexity index is 474. The highest BCUT2D eigenvalue weighted by Crippen LogP contribution is 2.19. The highest BCUT2D eigenvalue weighted by Gasteiger charge is 2.17. The van der Waals surface area contributed by atoms with E-state index in [1.165, 1.54) is 10.9 Å². The molecule has 72 valence electrons. The number of rotatable bonds is 2. The molecular formula is C8H6BrN3O2. The first kappa shape index (κ1) is 9.14. The molecule has 5 nitrogen and oxygen atoms in total. The summed E-state index contributed by atoms with van der Waals surface area (Å²) in [5.41, 5.74) is 0.750. The monoisotopic (exact) mass is 255 g/mol. The number of nitrogens with zero attached hydrogens (tertiary/aromatic N) is 3. The number of carbonyl (C=O) groups is 1. The molecule has 14 heavy (non-hydrogen) atoms. The van der Waals surface area contributed by atoms with Crippen molar-refractivity contribution in [3.63, 3.8) is 0 Å². The first-order valence-corrected chi connectivity index (χ1v) is 4.62. The van der Waals surface area contributed by atoms with Crippen molar-refractivity contribution in [3.8, 4) is 0 Å². The van der Waals surface area contributed by atoms with E-state index in [1.54, 1.807) is 19.3 Å². The SMILES string of the molecule is Cn1cc(C(=O)c2ccoc2Br)nn1. The van der Waals surface area contributed by atoms with Crippen LogP contribution in [0.5, 0.6) is 0 Å². The van der Waals surface area contributed by atoms with Gasteiger partial charge in [0.1, 0.15) is 0 Å². The van der Waals surface area contributed by atoms with Gasteiger partial charge in [0.25, 0.3) is 0 Å². The molecule has 0 bridgehead atoms. The Morgan fingerprint density at radius 2 is 2.43 bits per heavy atom. The maximum absolute atomic E-state index is 11.7. The number of hydrogen-bond donors (Lipinski definition) is 0. The van der Waals surface area contributed by atoms with Crippen LogP contribution < -0.4 is 0 Å². The van der Waals surface area contributed by atoms with Crippen molar-refractivity contribution < 1.29 is 9.21 Å². The van der Waals surface area contributed by atoms with Crippen LogP contribution in [0.2, 0.25) is 0 Å². The number of halogens is 1. The molecule has 0 amide bonds. The number of hydrogen-bond acceptors (Lipinski definition) is 4. The molecule has 2 aromatic heterocycles. The number of furan rings is 1. The summed E-state index contributed by atoms with van der Waals surface area (Å²) >= 11 is 3.13. The van der Waals surface area contributed by atoms with Gasteiger partial charge >= 0.3 is 0 Å². The Morgan fingerprint density at radius 1 is 1.64 bits per heavy atom. The van der Waals surface area contributed by atoms with Gasteiger partial charge < -0.3 is 4.42 Å². The maximum atomic E-state index is 11.7. The smallest absolute Gasteiger partial charge is 0.219 e. The van der Waals surface area contributed by atoms with E-state index in [2.05, 4.69) is 26.2 Å². The molecule has 0 spiro atoms. The third kappa shape index (κ3) is 1.48. The molecule has 0 atom stereocenters. The maximum Gasteiger partial charge on any atom is 0.219 e. The van der Waals surface area contributed by atoms with Crippen LogP contribution in [-0.4, -0.2) is 20.8 Å². The minimum Gasteiger partial charge on any atom is -0.457 e. The van der Waals surface area contributed by atoms with E-state index in [4.69, 9.17) is 4.42 Å². The molecule has 0 fully saturated rings. The van der Waals surface area contributed by atoms with E-state index in [0.717, 1.165) is 0 Å². The summed E-state index contributed by atoms with van der Waals surface area (Å²) in [6.45, 7) is 0. The second-order valence-electron chi connectivity index (χ2n) is 2.71. The van der Waals surface area contributed by atoms with Crippen molar-refractivity contribution in [2.45, 2.75) is 0 Å². The van der Waals surface area contributed by atoms with Gasteiger partial charge in [-0.05, 0) is 22.0 Å². The third-order valence-corrected chi connectivity index (χ3v) is 2.31. The molecule has 6 heteroatoms. The fraction of sp³-hybridized carbons (Fsp3) is 0.125. The fourth-order valence-electron chi connectivity index (χ4n) is 1.05. The average molecular weight is 256 g/mol. The van der Waals surface area contributed by atoms with Crippen LogP contribution in [0, 0.1) is 0 Å². The zero-order chi connectivity index (χ0) is 10.1. The van der Waals surface area contributed by atoms with Crippen LogP contribution in [0.25, 0.3) is 0 Å². The van der Waals surface area contributed by atoms with Crippen LogP contribution in [0.1, 0.15) is 16.1 Å². The minimum atomic E-state index is -0.210. The van der Waals surface area contributed by atoms with Gasteiger partial charge in [0.15, 0.2) is 10.4 Å². The molecule has 0 aliphatic rings. The number of carbonyl (C=O) groups excluding carboxylic acids is 1. The summed E-state index contributed by atoms with van der Waals surface area (Å²) in [5.74, 6) is -0.210.